The van der Waals surface area contributed by atoms with Gasteiger partial charge < -0.3 is 19.4 Å². The lowest BCUT2D eigenvalue weighted by atomic mass is 9.94. The summed E-state index contributed by atoms with van der Waals surface area (Å²) in [4.78, 5) is 45.0. The zero-order chi connectivity index (χ0) is 17.4. The molecule has 1 atom stereocenters. The third kappa shape index (κ3) is 2.96. The van der Waals surface area contributed by atoms with Gasteiger partial charge in [-0.05, 0) is 12.8 Å². The highest BCUT2D eigenvalue weighted by atomic mass is 16.5. The molecule has 4 fully saturated rings. The summed E-state index contributed by atoms with van der Waals surface area (Å²) in [5.41, 5.74) is 0. The summed E-state index contributed by atoms with van der Waals surface area (Å²) < 4.78 is 5.29. The van der Waals surface area contributed by atoms with E-state index in [1.54, 1.807) is 14.7 Å². The Labute approximate surface area is 147 Å². The van der Waals surface area contributed by atoms with Crippen LogP contribution in [-0.4, -0.2) is 95.6 Å². The average Bonchev–Trinajstić information content (AvgIpc) is 2.92. The number of rotatable bonds is 1. The first-order valence-electron chi connectivity index (χ1n) is 9.42. The molecule has 0 aromatic carbocycles. The third-order valence-electron chi connectivity index (χ3n) is 5.85. The van der Waals surface area contributed by atoms with Gasteiger partial charge in [0.2, 0.25) is 0 Å². The van der Waals surface area contributed by atoms with E-state index in [0.717, 1.165) is 25.7 Å². The Morgan fingerprint density at radius 3 is 2.36 bits per heavy atom. The fraction of sp³-hybridized carbons (Fsp3) is 0.824. The zero-order valence-corrected chi connectivity index (χ0v) is 14.6. The number of hydrogen-bond donors (Lipinski definition) is 0. The summed E-state index contributed by atoms with van der Waals surface area (Å²) in [7, 11) is 0. The van der Waals surface area contributed by atoms with E-state index < -0.39 is 6.04 Å². The topological polar surface area (TPSA) is 73.4 Å². The van der Waals surface area contributed by atoms with Crippen LogP contribution in [0.25, 0.3) is 0 Å². The van der Waals surface area contributed by atoms with Crippen LogP contribution in [0, 0.1) is 0 Å². The number of fused-ring (bicyclic) bond motifs is 1. The Kier molecular flexibility index (Phi) is 4.54. The smallest absolute Gasteiger partial charge is 0.327 e. The predicted molar refractivity (Wildman–Crippen MR) is 89.0 cm³/mol. The molecule has 0 aromatic rings. The molecule has 4 rings (SSSR count). The van der Waals surface area contributed by atoms with E-state index in [1.165, 1.54) is 11.3 Å². The number of urea groups is 2. The van der Waals surface area contributed by atoms with Crippen molar-refractivity contribution in [3.8, 4) is 0 Å². The molecule has 3 heterocycles. The number of imide groups is 1. The first-order chi connectivity index (χ1) is 12.2. The van der Waals surface area contributed by atoms with Gasteiger partial charge in [-0.2, -0.15) is 0 Å². The van der Waals surface area contributed by atoms with E-state index >= 15 is 0 Å². The van der Waals surface area contributed by atoms with Crippen molar-refractivity contribution in [1.82, 2.24) is 19.6 Å². The number of carbonyl (C=O) groups is 3. The van der Waals surface area contributed by atoms with Gasteiger partial charge in [0.05, 0.1) is 19.8 Å². The van der Waals surface area contributed by atoms with Gasteiger partial charge in [-0.1, -0.05) is 19.3 Å². The van der Waals surface area contributed by atoms with Gasteiger partial charge in [0.1, 0.15) is 6.04 Å². The van der Waals surface area contributed by atoms with Gasteiger partial charge in [0.25, 0.3) is 5.91 Å². The van der Waals surface area contributed by atoms with Gasteiger partial charge in [-0.15, -0.1) is 0 Å². The largest absolute Gasteiger partial charge is 0.378 e. The molecule has 0 N–H and O–H groups in total. The number of piperazine rings is 1. The molecule has 0 aromatic heterocycles. The maximum absolute atomic E-state index is 12.9. The molecule has 8 heteroatoms. The second-order valence-corrected chi connectivity index (χ2v) is 7.32. The monoisotopic (exact) mass is 350 g/mol. The van der Waals surface area contributed by atoms with E-state index in [1.807, 2.05) is 0 Å². The molecule has 8 nitrogen and oxygen atoms in total. The molecule has 4 aliphatic rings. The first-order valence-corrected chi connectivity index (χ1v) is 9.42. The minimum atomic E-state index is -0.506. The third-order valence-corrected chi connectivity index (χ3v) is 5.85. The minimum absolute atomic E-state index is 0.0423. The van der Waals surface area contributed by atoms with Crippen LogP contribution in [-0.2, 0) is 9.53 Å². The normalized spacial score (nSPS) is 28.6. The second kappa shape index (κ2) is 6.82. The van der Waals surface area contributed by atoms with Crippen molar-refractivity contribution in [2.75, 3.05) is 45.9 Å². The average molecular weight is 350 g/mol. The maximum Gasteiger partial charge on any atom is 0.327 e. The SMILES string of the molecule is O=C(N1CCOCC1)N1CCN2C(=O)N(C3CCCCC3)C(=O)[C@H]2C1. The standard InChI is InChI=1S/C17H26N4O4/c22-15-14-12-19(16(23)18-8-10-25-11-9-18)6-7-20(14)17(24)21(15)13-4-2-1-3-5-13/h13-14H,1-12H2/t14-/m1/s1. The molecule has 138 valence electrons. The molecule has 0 bridgehead atoms. The number of amides is 5. The molecule has 0 unspecified atom stereocenters. The van der Waals surface area contributed by atoms with Crippen LogP contribution < -0.4 is 0 Å². The molecule has 1 saturated carbocycles. The fourth-order valence-electron chi connectivity index (χ4n) is 4.42. The van der Waals surface area contributed by atoms with Crippen LogP contribution in [0.4, 0.5) is 9.59 Å². The van der Waals surface area contributed by atoms with Crippen molar-refractivity contribution in [3.05, 3.63) is 0 Å². The Bertz CT molecular complexity index is 557. The van der Waals surface area contributed by atoms with Crippen LogP contribution >= 0.6 is 0 Å². The van der Waals surface area contributed by atoms with Gasteiger partial charge >= 0.3 is 12.1 Å². The molecular formula is C17H26N4O4. The van der Waals surface area contributed by atoms with Gasteiger partial charge in [0.15, 0.2) is 0 Å². The van der Waals surface area contributed by atoms with Crippen molar-refractivity contribution in [2.24, 2.45) is 0 Å². The quantitative estimate of drug-likeness (QED) is 0.653. The summed E-state index contributed by atoms with van der Waals surface area (Å²) in [5.74, 6) is -0.114. The van der Waals surface area contributed by atoms with Crippen molar-refractivity contribution < 1.29 is 19.1 Å². The predicted octanol–water partition coefficient (Wildman–Crippen LogP) is 0.720. The fourth-order valence-corrected chi connectivity index (χ4v) is 4.42. The Morgan fingerprint density at radius 2 is 1.64 bits per heavy atom. The van der Waals surface area contributed by atoms with Gasteiger partial charge in [0, 0.05) is 32.2 Å². The number of morpholine rings is 1. The van der Waals surface area contributed by atoms with Crippen LogP contribution in [0.15, 0.2) is 0 Å². The lowest BCUT2D eigenvalue weighted by molar-refractivity contribution is -0.131. The maximum atomic E-state index is 12.9. The van der Waals surface area contributed by atoms with Gasteiger partial charge in [-0.25, -0.2) is 9.59 Å². The van der Waals surface area contributed by atoms with Crippen LogP contribution in [0.1, 0.15) is 32.1 Å². The Hall–Kier alpha value is -1.83. The van der Waals surface area contributed by atoms with Crippen molar-refractivity contribution in [3.63, 3.8) is 0 Å². The number of carbonyl (C=O) groups excluding carboxylic acids is 3. The zero-order valence-electron chi connectivity index (χ0n) is 14.6. The van der Waals surface area contributed by atoms with E-state index in [-0.39, 0.29) is 24.0 Å². The van der Waals surface area contributed by atoms with E-state index in [4.69, 9.17) is 4.74 Å². The number of hydrogen-bond acceptors (Lipinski definition) is 4. The van der Waals surface area contributed by atoms with E-state index in [9.17, 15) is 14.4 Å². The number of ether oxygens (including phenoxy) is 1. The molecular weight excluding hydrogens is 324 g/mol. The van der Waals surface area contributed by atoms with Crippen molar-refractivity contribution >= 4 is 18.0 Å². The first kappa shape index (κ1) is 16.6. The molecule has 5 amide bonds. The molecule has 1 aliphatic carbocycles. The minimum Gasteiger partial charge on any atom is -0.378 e. The van der Waals surface area contributed by atoms with Crippen LogP contribution in [0.5, 0.6) is 0 Å². The van der Waals surface area contributed by atoms with Crippen molar-refractivity contribution in [2.45, 2.75) is 44.2 Å². The molecule has 3 aliphatic heterocycles. The number of nitrogens with zero attached hydrogens (tertiary/aromatic N) is 4. The lowest BCUT2D eigenvalue weighted by Crippen LogP contribution is -2.58. The second-order valence-electron chi connectivity index (χ2n) is 7.32. The Balaban J connectivity index is 1.44. The Morgan fingerprint density at radius 1 is 0.920 bits per heavy atom. The summed E-state index contributed by atoms with van der Waals surface area (Å²) in [6.07, 6.45) is 5.16. The van der Waals surface area contributed by atoms with E-state index in [2.05, 4.69) is 0 Å². The summed E-state index contributed by atoms with van der Waals surface area (Å²) in [6, 6.07) is -0.657. The van der Waals surface area contributed by atoms with E-state index in [0.29, 0.717) is 45.9 Å². The molecule has 25 heavy (non-hydrogen) atoms. The summed E-state index contributed by atoms with van der Waals surface area (Å²) in [5, 5.41) is 0. The highest BCUT2D eigenvalue weighted by molar-refractivity contribution is 6.05. The van der Waals surface area contributed by atoms with Crippen molar-refractivity contribution in [1.29, 1.82) is 0 Å². The summed E-state index contributed by atoms with van der Waals surface area (Å²) in [6.45, 7) is 3.53. The molecule has 0 radical (unpaired) electrons. The van der Waals surface area contributed by atoms with Crippen LogP contribution in [0.2, 0.25) is 0 Å². The highest BCUT2D eigenvalue weighted by Crippen LogP contribution is 2.30. The highest BCUT2D eigenvalue weighted by Gasteiger charge is 2.50. The lowest BCUT2D eigenvalue weighted by Gasteiger charge is -2.39. The van der Waals surface area contributed by atoms with Crippen LogP contribution in [0.3, 0.4) is 0 Å². The summed E-state index contributed by atoms with van der Waals surface area (Å²) >= 11 is 0. The molecule has 3 saturated heterocycles. The molecule has 0 spiro atoms. The van der Waals surface area contributed by atoms with Gasteiger partial charge in [-0.3, -0.25) is 9.69 Å².